The standard InChI is InChI=1S/C10H15N3O2S/c1-8-10(13-5-4-12-8)16(14,15)7-9-2-3-11-6-9/h4-5,9,11H,2-3,6-7H2,1H3/t9-/m0/s1. The van der Waals surface area contributed by atoms with Gasteiger partial charge in [-0.2, -0.15) is 0 Å². The number of hydrogen-bond acceptors (Lipinski definition) is 5. The summed E-state index contributed by atoms with van der Waals surface area (Å²) in [6.07, 6.45) is 3.84. The summed E-state index contributed by atoms with van der Waals surface area (Å²) in [5, 5.41) is 3.29. The maximum absolute atomic E-state index is 12.1. The molecular formula is C10H15N3O2S. The zero-order valence-electron chi connectivity index (χ0n) is 9.18. The third-order valence-electron chi connectivity index (χ3n) is 2.75. The molecule has 2 heterocycles. The van der Waals surface area contributed by atoms with Crippen molar-refractivity contribution in [3.05, 3.63) is 18.1 Å². The molecule has 16 heavy (non-hydrogen) atoms. The Labute approximate surface area is 95.2 Å². The lowest BCUT2D eigenvalue weighted by Crippen LogP contribution is -2.20. The molecule has 0 spiro atoms. The van der Waals surface area contributed by atoms with Crippen LogP contribution in [0.25, 0.3) is 0 Å². The Hall–Kier alpha value is -1.01. The van der Waals surface area contributed by atoms with Gasteiger partial charge in [-0.1, -0.05) is 0 Å². The predicted molar refractivity (Wildman–Crippen MR) is 59.8 cm³/mol. The Bertz CT molecular complexity index is 467. The Kier molecular flexibility index (Phi) is 3.20. The summed E-state index contributed by atoms with van der Waals surface area (Å²) in [6.45, 7) is 3.35. The van der Waals surface area contributed by atoms with Crippen LogP contribution in [0.3, 0.4) is 0 Å². The molecule has 0 unspecified atom stereocenters. The molecule has 0 amide bonds. The molecule has 88 valence electrons. The molecule has 1 saturated heterocycles. The van der Waals surface area contributed by atoms with E-state index in [0.29, 0.717) is 5.69 Å². The van der Waals surface area contributed by atoms with Crippen LogP contribution in [0, 0.1) is 12.8 Å². The van der Waals surface area contributed by atoms with Crippen molar-refractivity contribution >= 4 is 9.84 Å². The molecule has 1 N–H and O–H groups in total. The second-order valence-corrected chi connectivity index (χ2v) is 6.04. The van der Waals surface area contributed by atoms with Gasteiger partial charge in [-0.25, -0.2) is 13.4 Å². The van der Waals surface area contributed by atoms with E-state index < -0.39 is 9.84 Å². The molecule has 0 bridgehead atoms. The van der Waals surface area contributed by atoms with Crippen LogP contribution in [0.5, 0.6) is 0 Å². The Balaban J connectivity index is 2.21. The van der Waals surface area contributed by atoms with E-state index in [1.54, 1.807) is 6.92 Å². The van der Waals surface area contributed by atoms with Gasteiger partial charge in [0, 0.05) is 12.4 Å². The lowest BCUT2D eigenvalue weighted by atomic mass is 10.2. The van der Waals surface area contributed by atoms with Gasteiger partial charge in [0.25, 0.3) is 0 Å². The maximum atomic E-state index is 12.1. The summed E-state index contributed by atoms with van der Waals surface area (Å²) in [7, 11) is -3.29. The van der Waals surface area contributed by atoms with Crippen LogP contribution >= 0.6 is 0 Å². The third-order valence-corrected chi connectivity index (χ3v) is 4.65. The summed E-state index contributed by atoms with van der Waals surface area (Å²) in [6, 6.07) is 0. The smallest absolute Gasteiger partial charge is 0.197 e. The number of nitrogens with zero attached hydrogens (tertiary/aromatic N) is 2. The zero-order valence-corrected chi connectivity index (χ0v) is 10.00. The van der Waals surface area contributed by atoms with Crippen molar-refractivity contribution in [2.75, 3.05) is 18.8 Å². The first-order valence-electron chi connectivity index (χ1n) is 5.30. The van der Waals surface area contributed by atoms with E-state index >= 15 is 0 Å². The Morgan fingerprint density at radius 3 is 2.81 bits per heavy atom. The molecule has 1 atom stereocenters. The third kappa shape index (κ3) is 2.38. The minimum atomic E-state index is -3.29. The van der Waals surface area contributed by atoms with Crippen LogP contribution < -0.4 is 5.32 Å². The summed E-state index contributed by atoms with van der Waals surface area (Å²) in [4.78, 5) is 7.88. The first-order valence-corrected chi connectivity index (χ1v) is 6.96. The summed E-state index contributed by atoms with van der Waals surface area (Å²) in [5.74, 6) is 0.367. The van der Waals surface area contributed by atoms with Crippen LogP contribution in [-0.2, 0) is 9.84 Å². The lowest BCUT2D eigenvalue weighted by Gasteiger charge is -2.09. The minimum Gasteiger partial charge on any atom is -0.316 e. The second kappa shape index (κ2) is 4.47. The molecular weight excluding hydrogens is 226 g/mol. The molecule has 5 nitrogen and oxygen atoms in total. The Morgan fingerprint density at radius 2 is 2.19 bits per heavy atom. The summed E-state index contributed by atoms with van der Waals surface area (Å²) < 4.78 is 24.2. The van der Waals surface area contributed by atoms with Crippen molar-refractivity contribution in [1.29, 1.82) is 0 Å². The molecule has 1 aliphatic rings. The van der Waals surface area contributed by atoms with Crippen LogP contribution in [0.2, 0.25) is 0 Å². The van der Waals surface area contributed by atoms with Crippen molar-refractivity contribution in [3.8, 4) is 0 Å². The molecule has 2 rings (SSSR count). The monoisotopic (exact) mass is 241 g/mol. The van der Waals surface area contributed by atoms with Crippen LogP contribution in [0.15, 0.2) is 17.4 Å². The fourth-order valence-electron chi connectivity index (χ4n) is 1.95. The number of hydrogen-bond donors (Lipinski definition) is 1. The van der Waals surface area contributed by atoms with Crippen molar-refractivity contribution in [3.63, 3.8) is 0 Å². The molecule has 6 heteroatoms. The lowest BCUT2D eigenvalue weighted by molar-refractivity contribution is 0.565. The average molecular weight is 241 g/mol. The van der Waals surface area contributed by atoms with Gasteiger partial charge < -0.3 is 5.32 Å². The van der Waals surface area contributed by atoms with E-state index in [2.05, 4.69) is 15.3 Å². The minimum absolute atomic E-state index is 0.127. The van der Waals surface area contributed by atoms with Crippen LogP contribution in [-0.4, -0.2) is 37.2 Å². The predicted octanol–water partition coefficient (Wildman–Crippen LogP) is 0.168. The van der Waals surface area contributed by atoms with Crippen molar-refractivity contribution in [1.82, 2.24) is 15.3 Å². The fourth-order valence-corrected chi connectivity index (χ4v) is 3.73. The van der Waals surface area contributed by atoms with E-state index in [1.807, 2.05) is 0 Å². The van der Waals surface area contributed by atoms with Gasteiger partial charge in [-0.15, -0.1) is 0 Å². The quantitative estimate of drug-likeness (QED) is 0.816. The number of sulfone groups is 1. The zero-order chi connectivity index (χ0) is 11.6. The Morgan fingerprint density at radius 1 is 1.44 bits per heavy atom. The van der Waals surface area contributed by atoms with Crippen molar-refractivity contribution in [2.45, 2.75) is 18.4 Å². The van der Waals surface area contributed by atoms with Gasteiger partial charge in [-0.05, 0) is 32.4 Å². The first-order chi connectivity index (χ1) is 7.59. The van der Waals surface area contributed by atoms with Crippen molar-refractivity contribution < 1.29 is 8.42 Å². The van der Waals surface area contributed by atoms with Gasteiger partial charge in [0.1, 0.15) is 0 Å². The first kappa shape index (κ1) is 11.5. The molecule has 0 aliphatic carbocycles. The number of rotatable bonds is 3. The average Bonchev–Trinajstić information content (AvgIpc) is 2.70. The molecule has 1 fully saturated rings. The highest BCUT2D eigenvalue weighted by atomic mass is 32.2. The van der Waals surface area contributed by atoms with Crippen molar-refractivity contribution in [2.24, 2.45) is 5.92 Å². The van der Waals surface area contributed by atoms with E-state index in [1.165, 1.54) is 12.4 Å². The normalized spacial score (nSPS) is 21.2. The SMILES string of the molecule is Cc1nccnc1S(=O)(=O)C[C@H]1CCNC1. The molecule has 0 radical (unpaired) electrons. The van der Waals surface area contributed by atoms with Crippen LogP contribution in [0.1, 0.15) is 12.1 Å². The fraction of sp³-hybridized carbons (Fsp3) is 0.600. The van der Waals surface area contributed by atoms with Gasteiger partial charge in [0.05, 0.1) is 11.4 Å². The molecule has 1 aromatic rings. The molecule has 0 saturated carbocycles. The van der Waals surface area contributed by atoms with E-state index in [4.69, 9.17) is 0 Å². The van der Waals surface area contributed by atoms with E-state index in [0.717, 1.165) is 19.5 Å². The largest absolute Gasteiger partial charge is 0.316 e. The van der Waals surface area contributed by atoms with Gasteiger partial charge >= 0.3 is 0 Å². The highest BCUT2D eigenvalue weighted by molar-refractivity contribution is 7.91. The maximum Gasteiger partial charge on any atom is 0.197 e. The molecule has 0 aromatic carbocycles. The van der Waals surface area contributed by atoms with Crippen LogP contribution in [0.4, 0.5) is 0 Å². The van der Waals surface area contributed by atoms with E-state index in [9.17, 15) is 8.42 Å². The van der Waals surface area contributed by atoms with E-state index in [-0.39, 0.29) is 16.7 Å². The highest BCUT2D eigenvalue weighted by Crippen LogP contribution is 2.17. The highest BCUT2D eigenvalue weighted by Gasteiger charge is 2.26. The number of aromatic nitrogens is 2. The second-order valence-electron chi connectivity index (χ2n) is 4.09. The van der Waals surface area contributed by atoms with Gasteiger partial charge in [-0.3, -0.25) is 4.98 Å². The van der Waals surface area contributed by atoms with Gasteiger partial charge in [0.2, 0.25) is 0 Å². The molecule has 1 aliphatic heterocycles. The molecule has 1 aromatic heterocycles. The summed E-state index contributed by atoms with van der Waals surface area (Å²) in [5.41, 5.74) is 0.480. The van der Waals surface area contributed by atoms with Gasteiger partial charge in [0.15, 0.2) is 14.9 Å². The topological polar surface area (TPSA) is 72.0 Å². The number of nitrogens with one attached hydrogen (secondary N) is 1. The number of aryl methyl sites for hydroxylation is 1. The summed E-state index contributed by atoms with van der Waals surface area (Å²) >= 11 is 0.